The average Bonchev–Trinajstić information content (AvgIpc) is 3.09. The third-order valence-electron chi connectivity index (χ3n) is 5.05. The molecule has 0 aliphatic carbocycles. The largest absolute Gasteiger partial charge is 0.323 e. The number of pyridine rings is 1. The van der Waals surface area contributed by atoms with Crippen LogP contribution in [0.5, 0.6) is 0 Å². The Bertz CT molecular complexity index is 1420. The number of aryl methyl sites for hydroxylation is 1. The van der Waals surface area contributed by atoms with Gasteiger partial charge in [-0.2, -0.15) is 0 Å². The first-order valence-electron chi connectivity index (χ1n) is 9.53. The zero-order valence-corrected chi connectivity index (χ0v) is 19.0. The van der Waals surface area contributed by atoms with E-state index in [1.165, 1.54) is 26.3 Å². The molecule has 0 saturated carbocycles. The third kappa shape index (κ3) is 3.95. The van der Waals surface area contributed by atoms with Crippen molar-refractivity contribution in [3.05, 3.63) is 68.6 Å². The number of aromatic amines is 1. The number of amides is 1. The molecule has 2 heterocycles. The van der Waals surface area contributed by atoms with E-state index in [1.807, 2.05) is 12.1 Å². The second-order valence-electron chi connectivity index (χ2n) is 7.02. The van der Waals surface area contributed by atoms with Gasteiger partial charge in [-0.25, -0.2) is 10.0 Å². The lowest BCUT2D eigenvalue weighted by atomic mass is 10.1. The number of fused-ring (bicyclic) bond motifs is 3. The Balaban J connectivity index is 1.79. The molecule has 0 atom stereocenters. The van der Waals surface area contributed by atoms with Gasteiger partial charge in [0.15, 0.2) is 0 Å². The summed E-state index contributed by atoms with van der Waals surface area (Å²) in [4.78, 5) is 37.1. The van der Waals surface area contributed by atoms with E-state index in [0.29, 0.717) is 49.2 Å². The molecule has 0 bridgehead atoms. The highest BCUT2D eigenvalue weighted by atomic mass is 35.5. The first kappa shape index (κ1) is 21.9. The van der Waals surface area contributed by atoms with Gasteiger partial charge in [0.1, 0.15) is 0 Å². The van der Waals surface area contributed by atoms with E-state index >= 15 is 0 Å². The molecule has 1 amide bonds. The van der Waals surface area contributed by atoms with Crippen LogP contribution in [0.25, 0.3) is 27.9 Å². The number of likely N-dealkylation sites (N-methyl/N-ethyl adjacent to an activating group) is 1. The van der Waals surface area contributed by atoms with E-state index in [9.17, 15) is 9.59 Å². The SMILES string of the molecule is CON(C)C(=O)/C=C\c1cc2ccc3nc(Nc4c(Cl)cccc4Cl)n(C)c3c2c(=O)[nH]1. The summed E-state index contributed by atoms with van der Waals surface area (Å²) < 4.78 is 1.78. The van der Waals surface area contributed by atoms with Gasteiger partial charge in [-0.1, -0.05) is 35.3 Å². The van der Waals surface area contributed by atoms with Gasteiger partial charge in [-0.3, -0.25) is 14.4 Å². The zero-order valence-electron chi connectivity index (χ0n) is 17.4. The molecule has 4 aromatic rings. The average molecular weight is 472 g/mol. The van der Waals surface area contributed by atoms with Crippen LogP contribution in [0.3, 0.4) is 0 Å². The van der Waals surface area contributed by atoms with Gasteiger partial charge < -0.3 is 14.9 Å². The minimum Gasteiger partial charge on any atom is -0.323 e. The molecule has 0 saturated heterocycles. The number of para-hydroxylation sites is 1. The lowest BCUT2D eigenvalue weighted by Crippen LogP contribution is -2.23. The maximum absolute atomic E-state index is 13.0. The molecule has 2 aromatic carbocycles. The Morgan fingerprint density at radius 3 is 2.66 bits per heavy atom. The van der Waals surface area contributed by atoms with E-state index in [0.717, 1.165) is 5.06 Å². The molecule has 164 valence electrons. The van der Waals surface area contributed by atoms with Gasteiger partial charge >= 0.3 is 0 Å². The van der Waals surface area contributed by atoms with E-state index in [1.54, 1.807) is 35.9 Å². The number of H-pyrrole nitrogens is 1. The highest BCUT2D eigenvalue weighted by molar-refractivity contribution is 6.39. The van der Waals surface area contributed by atoms with Crippen molar-refractivity contribution >= 4 is 68.6 Å². The number of carbonyl (C=O) groups is 1. The van der Waals surface area contributed by atoms with Crippen molar-refractivity contribution in [2.24, 2.45) is 7.05 Å². The number of benzene rings is 2. The number of nitrogens with zero attached hydrogens (tertiary/aromatic N) is 3. The monoisotopic (exact) mass is 471 g/mol. The quantitative estimate of drug-likeness (QED) is 0.330. The highest BCUT2D eigenvalue weighted by Crippen LogP contribution is 2.34. The summed E-state index contributed by atoms with van der Waals surface area (Å²) in [7, 11) is 4.69. The molecule has 4 rings (SSSR count). The van der Waals surface area contributed by atoms with Crippen LogP contribution in [-0.2, 0) is 16.7 Å². The maximum Gasteiger partial charge on any atom is 0.269 e. The lowest BCUT2D eigenvalue weighted by Gasteiger charge is -2.10. The number of carbonyl (C=O) groups excluding carboxylic acids is 1. The standard InChI is InChI=1S/C22H19Cl2N5O3/c1-28-20-16(26-22(28)27-19-14(23)5-4-6-15(19)24)9-7-12-11-13(25-21(31)18(12)20)8-10-17(30)29(2)32-3/h4-11H,1-3H3,(H,25,31)(H,26,27)/b10-8-. The number of hydroxylamine groups is 2. The Labute approximate surface area is 193 Å². The zero-order chi connectivity index (χ0) is 23.0. The van der Waals surface area contributed by atoms with Gasteiger partial charge in [0.25, 0.3) is 11.5 Å². The molecule has 10 heteroatoms. The molecule has 0 spiro atoms. The number of imidazole rings is 1. The van der Waals surface area contributed by atoms with Gasteiger partial charge in [0, 0.05) is 25.9 Å². The first-order valence-corrected chi connectivity index (χ1v) is 10.3. The molecule has 0 aliphatic rings. The van der Waals surface area contributed by atoms with Crippen LogP contribution >= 0.6 is 23.2 Å². The molecule has 2 N–H and O–H groups in total. The van der Waals surface area contributed by atoms with Crippen LogP contribution in [0.1, 0.15) is 5.69 Å². The number of anilines is 2. The van der Waals surface area contributed by atoms with Crippen LogP contribution in [-0.4, -0.2) is 39.7 Å². The summed E-state index contributed by atoms with van der Waals surface area (Å²) in [5, 5.41) is 6.33. The smallest absolute Gasteiger partial charge is 0.269 e. The molecule has 2 aromatic heterocycles. The van der Waals surface area contributed by atoms with E-state index in [-0.39, 0.29) is 11.5 Å². The third-order valence-corrected chi connectivity index (χ3v) is 5.68. The molecule has 0 radical (unpaired) electrons. The summed E-state index contributed by atoms with van der Waals surface area (Å²) in [5.74, 6) is 0.128. The van der Waals surface area contributed by atoms with Crippen molar-refractivity contribution in [1.82, 2.24) is 19.6 Å². The van der Waals surface area contributed by atoms with Crippen molar-refractivity contribution in [3.8, 4) is 0 Å². The molecule has 0 fully saturated rings. The Kier molecular flexibility index (Phi) is 5.92. The Morgan fingerprint density at radius 1 is 1.25 bits per heavy atom. The topological polar surface area (TPSA) is 92.2 Å². The highest BCUT2D eigenvalue weighted by Gasteiger charge is 2.16. The minimum absolute atomic E-state index is 0.300. The number of aromatic nitrogens is 3. The van der Waals surface area contributed by atoms with E-state index < -0.39 is 0 Å². The van der Waals surface area contributed by atoms with Gasteiger partial charge in [-0.05, 0) is 35.7 Å². The van der Waals surface area contributed by atoms with Gasteiger partial charge in [0.2, 0.25) is 5.95 Å². The van der Waals surface area contributed by atoms with Crippen molar-refractivity contribution in [2.45, 2.75) is 0 Å². The van der Waals surface area contributed by atoms with Crippen LogP contribution in [0, 0.1) is 0 Å². The Hall–Kier alpha value is -3.33. The molecular formula is C22H19Cl2N5O3. The second kappa shape index (κ2) is 8.66. The molecule has 8 nitrogen and oxygen atoms in total. The van der Waals surface area contributed by atoms with Crippen LogP contribution < -0.4 is 10.9 Å². The number of rotatable bonds is 5. The van der Waals surface area contributed by atoms with E-state index in [4.69, 9.17) is 28.0 Å². The summed E-state index contributed by atoms with van der Waals surface area (Å²) in [6.45, 7) is 0. The summed E-state index contributed by atoms with van der Waals surface area (Å²) >= 11 is 12.5. The number of nitrogens with one attached hydrogen (secondary N) is 2. The number of hydrogen-bond acceptors (Lipinski definition) is 5. The molecule has 32 heavy (non-hydrogen) atoms. The molecular weight excluding hydrogens is 453 g/mol. The van der Waals surface area contributed by atoms with Gasteiger partial charge in [-0.15, -0.1) is 0 Å². The second-order valence-corrected chi connectivity index (χ2v) is 7.83. The predicted molar refractivity (Wildman–Crippen MR) is 127 cm³/mol. The first-order chi connectivity index (χ1) is 15.3. The predicted octanol–water partition coefficient (Wildman–Crippen LogP) is 4.50. The molecule has 0 unspecified atom stereocenters. The fourth-order valence-corrected chi connectivity index (χ4v) is 3.86. The van der Waals surface area contributed by atoms with E-state index in [2.05, 4.69) is 15.3 Å². The number of hydrogen-bond donors (Lipinski definition) is 2. The van der Waals surface area contributed by atoms with Crippen molar-refractivity contribution < 1.29 is 9.63 Å². The fraction of sp³-hybridized carbons (Fsp3) is 0.136. The Morgan fingerprint density at radius 2 is 1.97 bits per heavy atom. The van der Waals surface area contributed by atoms with Crippen molar-refractivity contribution in [2.75, 3.05) is 19.5 Å². The van der Waals surface area contributed by atoms with Crippen LogP contribution in [0.4, 0.5) is 11.6 Å². The van der Waals surface area contributed by atoms with Crippen LogP contribution in [0.15, 0.2) is 47.3 Å². The maximum atomic E-state index is 13.0. The fourth-order valence-electron chi connectivity index (χ4n) is 3.36. The number of halogens is 2. The van der Waals surface area contributed by atoms with Crippen molar-refractivity contribution in [3.63, 3.8) is 0 Å². The summed E-state index contributed by atoms with van der Waals surface area (Å²) in [6.07, 6.45) is 2.84. The normalized spacial score (nSPS) is 11.5. The van der Waals surface area contributed by atoms with Crippen molar-refractivity contribution in [1.29, 1.82) is 0 Å². The van der Waals surface area contributed by atoms with Crippen LogP contribution in [0.2, 0.25) is 10.0 Å². The molecule has 0 aliphatic heterocycles. The minimum atomic E-state index is -0.357. The lowest BCUT2D eigenvalue weighted by molar-refractivity contribution is -0.162. The summed E-state index contributed by atoms with van der Waals surface area (Å²) in [6, 6.07) is 10.6. The van der Waals surface area contributed by atoms with Gasteiger partial charge in [0.05, 0.1) is 39.3 Å². The summed E-state index contributed by atoms with van der Waals surface area (Å²) in [5.41, 5.74) is 2.01.